The Bertz CT molecular complexity index is 221. The lowest BCUT2D eigenvalue weighted by molar-refractivity contribution is -0.117. The first-order valence-electron chi connectivity index (χ1n) is 3.83. The number of aliphatic hydroxyl groups is 1. The molecule has 0 saturated heterocycles. The Morgan fingerprint density at radius 3 is 3.17 bits per heavy atom. The van der Waals surface area contributed by atoms with E-state index in [2.05, 4.69) is 10.6 Å². The number of carbonyl (C=O) groups is 1. The van der Waals surface area contributed by atoms with Crippen molar-refractivity contribution in [2.24, 2.45) is 0 Å². The quantitative estimate of drug-likeness (QED) is 0.514. The second-order valence-electron chi connectivity index (χ2n) is 2.41. The number of carbonyl (C=O) groups excluding carboxylic acids is 1. The van der Waals surface area contributed by atoms with Crippen molar-refractivity contribution in [3.05, 3.63) is 23.9 Å². The van der Waals surface area contributed by atoms with Gasteiger partial charge in [-0.15, -0.1) is 0 Å². The molecule has 1 rings (SSSR count). The number of hydrogen-bond acceptors (Lipinski definition) is 3. The van der Waals surface area contributed by atoms with Gasteiger partial charge < -0.3 is 15.7 Å². The minimum absolute atomic E-state index is 0.0255. The normalized spacial score (nSPS) is 14.9. The van der Waals surface area contributed by atoms with Crippen molar-refractivity contribution in [3.63, 3.8) is 0 Å². The van der Waals surface area contributed by atoms with Crippen LogP contribution >= 0.6 is 0 Å². The van der Waals surface area contributed by atoms with Crippen LogP contribution in [0.4, 0.5) is 0 Å². The zero-order valence-electron chi connectivity index (χ0n) is 6.71. The molecule has 1 aliphatic heterocycles. The van der Waals surface area contributed by atoms with E-state index in [9.17, 15) is 4.79 Å². The molecule has 1 heterocycles. The predicted octanol–water partition coefficient (Wildman–Crippen LogP) is -0.862. The molecule has 0 saturated carbocycles. The fraction of sp³-hybridized carbons (Fsp3) is 0.375. The molecular weight excluding hydrogens is 156 g/mol. The summed E-state index contributed by atoms with van der Waals surface area (Å²) < 4.78 is 0. The van der Waals surface area contributed by atoms with Gasteiger partial charge in [0.25, 0.3) is 0 Å². The van der Waals surface area contributed by atoms with E-state index in [0.717, 1.165) is 0 Å². The van der Waals surface area contributed by atoms with Crippen LogP contribution in [0.15, 0.2) is 23.9 Å². The zero-order valence-corrected chi connectivity index (χ0v) is 6.71. The molecule has 0 fully saturated rings. The maximum absolute atomic E-state index is 11.2. The van der Waals surface area contributed by atoms with Crippen molar-refractivity contribution in [2.45, 2.75) is 0 Å². The molecule has 0 aromatic rings. The van der Waals surface area contributed by atoms with Gasteiger partial charge in [0.2, 0.25) is 5.91 Å². The van der Waals surface area contributed by atoms with Crippen LogP contribution in [-0.4, -0.2) is 30.7 Å². The summed E-state index contributed by atoms with van der Waals surface area (Å²) in [5, 5.41) is 13.9. The second-order valence-corrected chi connectivity index (χ2v) is 2.41. The molecule has 0 aliphatic carbocycles. The van der Waals surface area contributed by atoms with Gasteiger partial charge in [-0.25, -0.2) is 0 Å². The minimum Gasteiger partial charge on any atom is -0.395 e. The number of aliphatic hydroxyl groups excluding tert-OH is 1. The van der Waals surface area contributed by atoms with Crippen molar-refractivity contribution >= 4 is 5.91 Å². The SMILES string of the molecule is O=C(NCCO)C1=CC=CNC1. The van der Waals surface area contributed by atoms with E-state index in [0.29, 0.717) is 18.7 Å². The largest absolute Gasteiger partial charge is 0.395 e. The fourth-order valence-corrected chi connectivity index (χ4v) is 0.899. The lowest BCUT2D eigenvalue weighted by Crippen LogP contribution is -2.31. The predicted molar refractivity (Wildman–Crippen MR) is 45.3 cm³/mol. The van der Waals surface area contributed by atoms with E-state index in [-0.39, 0.29) is 12.5 Å². The van der Waals surface area contributed by atoms with Crippen LogP contribution in [0.3, 0.4) is 0 Å². The Balaban J connectivity index is 2.40. The highest BCUT2D eigenvalue weighted by molar-refractivity contribution is 5.94. The molecule has 4 heteroatoms. The number of rotatable bonds is 3. The van der Waals surface area contributed by atoms with Crippen molar-refractivity contribution in [3.8, 4) is 0 Å². The topological polar surface area (TPSA) is 61.4 Å². The van der Waals surface area contributed by atoms with Crippen molar-refractivity contribution < 1.29 is 9.90 Å². The van der Waals surface area contributed by atoms with E-state index in [4.69, 9.17) is 5.11 Å². The molecule has 1 amide bonds. The van der Waals surface area contributed by atoms with Gasteiger partial charge in [-0.1, -0.05) is 6.08 Å². The lowest BCUT2D eigenvalue weighted by atomic mass is 10.2. The van der Waals surface area contributed by atoms with E-state index in [1.165, 1.54) is 0 Å². The van der Waals surface area contributed by atoms with Crippen LogP contribution in [-0.2, 0) is 4.79 Å². The van der Waals surface area contributed by atoms with Crippen LogP contribution < -0.4 is 10.6 Å². The van der Waals surface area contributed by atoms with Crippen LogP contribution in [0, 0.1) is 0 Å². The smallest absolute Gasteiger partial charge is 0.249 e. The molecule has 0 aromatic carbocycles. The summed E-state index contributed by atoms with van der Waals surface area (Å²) in [6.45, 7) is 0.829. The molecule has 0 aromatic heterocycles. The minimum atomic E-state index is -0.124. The second kappa shape index (κ2) is 4.56. The van der Waals surface area contributed by atoms with Crippen molar-refractivity contribution in [1.82, 2.24) is 10.6 Å². The van der Waals surface area contributed by atoms with E-state index in [1.54, 1.807) is 18.4 Å². The molecule has 66 valence electrons. The Morgan fingerprint density at radius 2 is 2.58 bits per heavy atom. The summed E-state index contributed by atoms with van der Waals surface area (Å²) in [5.74, 6) is -0.124. The molecule has 3 N–H and O–H groups in total. The first-order chi connectivity index (χ1) is 5.84. The molecule has 0 unspecified atom stereocenters. The van der Waals surface area contributed by atoms with Gasteiger partial charge in [0.15, 0.2) is 0 Å². The highest BCUT2D eigenvalue weighted by Gasteiger charge is 2.07. The maximum atomic E-state index is 11.2. The summed E-state index contributed by atoms with van der Waals surface area (Å²) in [6.07, 6.45) is 5.31. The molecule has 0 atom stereocenters. The lowest BCUT2D eigenvalue weighted by Gasteiger charge is -2.09. The highest BCUT2D eigenvalue weighted by atomic mass is 16.3. The van der Waals surface area contributed by atoms with Crippen molar-refractivity contribution in [2.75, 3.05) is 19.7 Å². The average molecular weight is 168 g/mol. The van der Waals surface area contributed by atoms with Gasteiger partial charge in [0.05, 0.1) is 6.61 Å². The van der Waals surface area contributed by atoms with E-state index >= 15 is 0 Å². The Hall–Kier alpha value is -1.29. The fourth-order valence-electron chi connectivity index (χ4n) is 0.899. The van der Waals surface area contributed by atoms with Crippen molar-refractivity contribution in [1.29, 1.82) is 0 Å². The standard InChI is InChI=1S/C8H12N2O2/c11-5-4-10-8(12)7-2-1-3-9-6-7/h1-3,9,11H,4-6H2,(H,10,12). The summed E-state index contributed by atoms with van der Waals surface area (Å²) in [5.41, 5.74) is 0.686. The Kier molecular flexibility index (Phi) is 3.35. The molecule has 12 heavy (non-hydrogen) atoms. The first-order valence-corrected chi connectivity index (χ1v) is 3.83. The first kappa shape index (κ1) is 8.80. The third-order valence-electron chi connectivity index (χ3n) is 1.49. The van der Waals surface area contributed by atoms with Gasteiger partial charge in [-0.05, 0) is 12.3 Å². The van der Waals surface area contributed by atoms with Gasteiger partial charge in [-0.3, -0.25) is 4.79 Å². The third-order valence-corrected chi connectivity index (χ3v) is 1.49. The average Bonchev–Trinajstić information content (AvgIpc) is 2.15. The molecule has 0 bridgehead atoms. The number of amides is 1. The maximum Gasteiger partial charge on any atom is 0.249 e. The highest BCUT2D eigenvalue weighted by Crippen LogP contribution is 1.97. The monoisotopic (exact) mass is 168 g/mol. The van der Waals surface area contributed by atoms with Crippen LogP contribution in [0.5, 0.6) is 0 Å². The molecule has 0 spiro atoms. The summed E-state index contributed by atoms with van der Waals surface area (Å²) in [4.78, 5) is 11.2. The molecule has 4 nitrogen and oxygen atoms in total. The van der Waals surface area contributed by atoms with Gasteiger partial charge in [0, 0.05) is 18.7 Å². The molecular formula is C8H12N2O2. The Morgan fingerprint density at radius 1 is 1.75 bits per heavy atom. The summed E-state index contributed by atoms with van der Waals surface area (Å²) in [7, 11) is 0. The number of dihydropyridines is 1. The van der Waals surface area contributed by atoms with Crippen LogP contribution in [0.25, 0.3) is 0 Å². The van der Waals surface area contributed by atoms with Gasteiger partial charge in [0.1, 0.15) is 0 Å². The zero-order chi connectivity index (χ0) is 8.81. The number of hydrogen-bond donors (Lipinski definition) is 3. The van der Waals surface area contributed by atoms with Gasteiger partial charge in [-0.2, -0.15) is 0 Å². The summed E-state index contributed by atoms with van der Waals surface area (Å²) in [6, 6.07) is 0. The van der Waals surface area contributed by atoms with Gasteiger partial charge >= 0.3 is 0 Å². The van der Waals surface area contributed by atoms with E-state index in [1.807, 2.05) is 0 Å². The number of allylic oxidation sites excluding steroid dienone is 2. The summed E-state index contributed by atoms with van der Waals surface area (Å²) >= 11 is 0. The molecule has 0 radical (unpaired) electrons. The third kappa shape index (κ3) is 2.39. The molecule has 1 aliphatic rings. The van der Waals surface area contributed by atoms with Crippen LogP contribution in [0.1, 0.15) is 0 Å². The Labute approximate surface area is 71.0 Å². The van der Waals surface area contributed by atoms with E-state index < -0.39 is 0 Å². The van der Waals surface area contributed by atoms with Crippen LogP contribution in [0.2, 0.25) is 0 Å². The number of nitrogens with one attached hydrogen (secondary N) is 2.